The summed E-state index contributed by atoms with van der Waals surface area (Å²) in [5, 5.41) is 0. The summed E-state index contributed by atoms with van der Waals surface area (Å²) in [6, 6.07) is 3.14. The highest BCUT2D eigenvalue weighted by Crippen LogP contribution is 2.37. The molecule has 3 rings (SSSR count). The van der Waals surface area contributed by atoms with Gasteiger partial charge in [-0.3, -0.25) is 9.69 Å². The molecule has 0 radical (unpaired) electrons. The quantitative estimate of drug-likeness (QED) is 0.783. The number of benzene rings is 1. The van der Waals surface area contributed by atoms with Crippen molar-refractivity contribution in [3.05, 3.63) is 35.4 Å². The Morgan fingerprint density at radius 3 is 2.53 bits per heavy atom. The zero-order valence-corrected chi connectivity index (χ0v) is 10.7. The first-order valence-corrected chi connectivity index (χ1v) is 6.84. The van der Waals surface area contributed by atoms with E-state index in [-0.39, 0.29) is 17.9 Å². The minimum absolute atomic E-state index is 0.00143. The lowest BCUT2D eigenvalue weighted by Gasteiger charge is -2.15. The third-order valence-electron chi connectivity index (χ3n) is 4.40. The summed E-state index contributed by atoms with van der Waals surface area (Å²) in [6.45, 7) is 2.13. The van der Waals surface area contributed by atoms with Crippen LogP contribution in [-0.4, -0.2) is 30.3 Å². The second-order valence-corrected chi connectivity index (χ2v) is 5.69. The molecule has 2 aliphatic rings. The SMILES string of the molecule is O=C(CN1CC2CCCC2C1)c1ccc(F)cc1F. The molecule has 0 spiro atoms. The maximum Gasteiger partial charge on any atom is 0.179 e. The molecule has 4 heteroatoms. The summed E-state index contributed by atoms with van der Waals surface area (Å²) < 4.78 is 26.3. The summed E-state index contributed by atoms with van der Waals surface area (Å²) in [5.74, 6) is -0.233. The monoisotopic (exact) mass is 265 g/mol. The molecule has 19 heavy (non-hydrogen) atoms. The normalized spacial score (nSPS) is 26.6. The molecule has 2 unspecified atom stereocenters. The smallest absolute Gasteiger partial charge is 0.179 e. The van der Waals surface area contributed by atoms with Gasteiger partial charge in [0.05, 0.1) is 12.1 Å². The Bertz CT molecular complexity index is 491. The maximum atomic E-state index is 13.5. The number of hydrogen-bond donors (Lipinski definition) is 0. The minimum atomic E-state index is -0.760. The van der Waals surface area contributed by atoms with Crippen LogP contribution in [0.15, 0.2) is 18.2 Å². The van der Waals surface area contributed by atoms with Crippen LogP contribution in [-0.2, 0) is 0 Å². The van der Waals surface area contributed by atoms with Gasteiger partial charge in [-0.05, 0) is 36.8 Å². The van der Waals surface area contributed by atoms with E-state index in [2.05, 4.69) is 4.90 Å². The lowest BCUT2D eigenvalue weighted by atomic mass is 10.0. The van der Waals surface area contributed by atoms with Crippen LogP contribution in [0.1, 0.15) is 29.6 Å². The van der Waals surface area contributed by atoms with Gasteiger partial charge in [0.25, 0.3) is 0 Å². The third-order valence-corrected chi connectivity index (χ3v) is 4.40. The lowest BCUT2D eigenvalue weighted by Crippen LogP contribution is -2.29. The number of halogens is 2. The predicted molar refractivity (Wildman–Crippen MR) is 68.0 cm³/mol. The van der Waals surface area contributed by atoms with Crippen molar-refractivity contribution in [2.24, 2.45) is 11.8 Å². The van der Waals surface area contributed by atoms with Crippen LogP contribution in [0.5, 0.6) is 0 Å². The summed E-state index contributed by atoms with van der Waals surface area (Å²) in [5.41, 5.74) is -0.00143. The fraction of sp³-hybridized carbons (Fsp3) is 0.533. The highest BCUT2D eigenvalue weighted by Gasteiger charge is 2.36. The standard InChI is InChI=1S/C15H17F2NO/c16-12-4-5-13(14(17)6-12)15(19)9-18-7-10-2-1-3-11(10)8-18/h4-6,10-11H,1-3,7-9H2. The van der Waals surface area contributed by atoms with Crippen LogP contribution >= 0.6 is 0 Å². The van der Waals surface area contributed by atoms with Gasteiger partial charge in [0.2, 0.25) is 0 Å². The Balaban J connectivity index is 1.65. The molecular formula is C15H17F2NO. The molecule has 1 saturated carbocycles. The number of carbonyl (C=O) groups is 1. The Hall–Kier alpha value is -1.29. The van der Waals surface area contributed by atoms with E-state index in [0.29, 0.717) is 11.8 Å². The highest BCUT2D eigenvalue weighted by atomic mass is 19.1. The van der Waals surface area contributed by atoms with Gasteiger partial charge in [-0.15, -0.1) is 0 Å². The van der Waals surface area contributed by atoms with Gasteiger partial charge in [-0.2, -0.15) is 0 Å². The predicted octanol–water partition coefficient (Wildman–Crippen LogP) is 2.88. The second kappa shape index (κ2) is 5.00. The summed E-state index contributed by atoms with van der Waals surface area (Å²) in [6.07, 6.45) is 3.80. The van der Waals surface area contributed by atoms with E-state index in [1.807, 2.05) is 0 Å². The molecule has 0 amide bonds. The number of ketones is 1. The van der Waals surface area contributed by atoms with Crippen molar-refractivity contribution in [1.82, 2.24) is 4.90 Å². The molecule has 2 fully saturated rings. The summed E-state index contributed by atoms with van der Waals surface area (Å²) in [4.78, 5) is 14.2. The van der Waals surface area contributed by atoms with Crippen molar-refractivity contribution in [1.29, 1.82) is 0 Å². The van der Waals surface area contributed by atoms with Crippen LogP contribution < -0.4 is 0 Å². The van der Waals surface area contributed by atoms with Gasteiger partial charge in [0.1, 0.15) is 11.6 Å². The number of hydrogen-bond acceptors (Lipinski definition) is 2. The van der Waals surface area contributed by atoms with Gasteiger partial charge in [0.15, 0.2) is 5.78 Å². The summed E-state index contributed by atoms with van der Waals surface area (Å²) in [7, 11) is 0. The van der Waals surface area contributed by atoms with E-state index in [1.54, 1.807) is 0 Å². The molecule has 102 valence electrons. The fourth-order valence-electron chi connectivity index (χ4n) is 3.47. The number of likely N-dealkylation sites (tertiary alicyclic amines) is 1. The second-order valence-electron chi connectivity index (χ2n) is 5.69. The molecule has 2 nitrogen and oxygen atoms in total. The molecule has 1 saturated heterocycles. The first kappa shape index (κ1) is 12.7. The van der Waals surface area contributed by atoms with Gasteiger partial charge in [0, 0.05) is 19.2 Å². The molecule has 2 atom stereocenters. The van der Waals surface area contributed by atoms with Crippen molar-refractivity contribution in [3.63, 3.8) is 0 Å². The molecule has 0 N–H and O–H groups in total. The van der Waals surface area contributed by atoms with Crippen molar-refractivity contribution >= 4 is 5.78 Å². The largest absolute Gasteiger partial charge is 0.295 e. The number of rotatable bonds is 3. The Morgan fingerprint density at radius 2 is 1.89 bits per heavy atom. The van der Waals surface area contributed by atoms with E-state index in [1.165, 1.54) is 25.3 Å². The molecule has 1 aromatic rings. The maximum absolute atomic E-state index is 13.5. The highest BCUT2D eigenvalue weighted by molar-refractivity contribution is 5.97. The fourth-order valence-corrected chi connectivity index (χ4v) is 3.47. The molecule has 1 heterocycles. The van der Waals surface area contributed by atoms with Crippen LogP contribution in [0.4, 0.5) is 8.78 Å². The van der Waals surface area contributed by atoms with Crippen molar-refractivity contribution < 1.29 is 13.6 Å². The van der Waals surface area contributed by atoms with Crippen molar-refractivity contribution in [2.75, 3.05) is 19.6 Å². The van der Waals surface area contributed by atoms with Crippen molar-refractivity contribution in [2.45, 2.75) is 19.3 Å². The average molecular weight is 265 g/mol. The topological polar surface area (TPSA) is 20.3 Å². The van der Waals surface area contributed by atoms with Gasteiger partial charge >= 0.3 is 0 Å². The number of carbonyl (C=O) groups excluding carboxylic acids is 1. The van der Waals surface area contributed by atoms with Crippen LogP contribution in [0, 0.1) is 23.5 Å². The Morgan fingerprint density at radius 1 is 1.21 bits per heavy atom. The van der Waals surface area contributed by atoms with E-state index < -0.39 is 11.6 Å². The van der Waals surface area contributed by atoms with Crippen molar-refractivity contribution in [3.8, 4) is 0 Å². The first-order chi connectivity index (χ1) is 9.13. The molecule has 1 aliphatic heterocycles. The molecule has 1 aliphatic carbocycles. The van der Waals surface area contributed by atoms with E-state index in [4.69, 9.17) is 0 Å². The van der Waals surface area contributed by atoms with Gasteiger partial charge in [-0.1, -0.05) is 6.42 Å². The molecule has 1 aromatic carbocycles. The molecule has 0 aromatic heterocycles. The van der Waals surface area contributed by atoms with E-state index >= 15 is 0 Å². The van der Waals surface area contributed by atoms with Crippen LogP contribution in [0.3, 0.4) is 0 Å². The van der Waals surface area contributed by atoms with Crippen LogP contribution in [0.2, 0.25) is 0 Å². The molecule has 0 bridgehead atoms. The zero-order chi connectivity index (χ0) is 13.4. The van der Waals surface area contributed by atoms with Crippen LogP contribution in [0.25, 0.3) is 0 Å². The zero-order valence-electron chi connectivity index (χ0n) is 10.7. The van der Waals surface area contributed by atoms with E-state index in [0.717, 1.165) is 25.2 Å². The third kappa shape index (κ3) is 2.54. The number of nitrogens with zero attached hydrogens (tertiary/aromatic N) is 1. The molecular weight excluding hydrogens is 248 g/mol. The van der Waals surface area contributed by atoms with E-state index in [9.17, 15) is 13.6 Å². The first-order valence-electron chi connectivity index (χ1n) is 6.84. The summed E-state index contributed by atoms with van der Waals surface area (Å²) >= 11 is 0. The van der Waals surface area contributed by atoms with Gasteiger partial charge < -0.3 is 0 Å². The number of fused-ring (bicyclic) bond motifs is 1. The number of Topliss-reactive ketones (excluding diaryl/α,β-unsaturated/α-hetero) is 1. The minimum Gasteiger partial charge on any atom is -0.295 e. The lowest BCUT2D eigenvalue weighted by molar-refractivity contribution is 0.0937. The van der Waals surface area contributed by atoms with Gasteiger partial charge in [-0.25, -0.2) is 8.78 Å². The Kier molecular flexibility index (Phi) is 3.35. The Labute approximate surface area is 111 Å². The average Bonchev–Trinajstić information content (AvgIpc) is 2.89.